The molecular formula is C12H10F3NOS. The summed E-state index contributed by atoms with van der Waals surface area (Å²) >= 11 is 0.372. The summed E-state index contributed by atoms with van der Waals surface area (Å²) in [5.74, 6) is 0. The molecule has 18 heavy (non-hydrogen) atoms. The minimum atomic E-state index is -4.47. The number of aromatic nitrogens is 1. The number of halogens is 3. The lowest BCUT2D eigenvalue weighted by molar-refractivity contribution is -0.135. The molecule has 0 bridgehead atoms. The molecule has 2 nitrogen and oxygen atoms in total. The highest BCUT2D eigenvalue weighted by Crippen LogP contribution is 2.39. The Morgan fingerprint density at radius 3 is 2.33 bits per heavy atom. The second-order valence-electron chi connectivity index (χ2n) is 3.86. The number of hydrogen-bond acceptors (Lipinski definition) is 3. The van der Waals surface area contributed by atoms with Gasteiger partial charge in [0.25, 0.3) is 0 Å². The number of alkyl halides is 3. The van der Waals surface area contributed by atoms with E-state index in [4.69, 9.17) is 5.11 Å². The zero-order chi connectivity index (χ0) is 13.3. The van der Waals surface area contributed by atoms with Crippen LogP contribution >= 0.6 is 11.5 Å². The van der Waals surface area contributed by atoms with Crippen molar-refractivity contribution in [1.29, 1.82) is 0 Å². The second-order valence-corrected chi connectivity index (χ2v) is 4.63. The first kappa shape index (κ1) is 13.0. The maximum atomic E-state index is 12.7. The van der Waals surface area contributed by atoms with Crippen LogP contribution < -0.4 is 0 Å². The molecule has 0 spiro atoms. The molecule has 0 fully saturated rings. The fourth-order valence-corrected chi connectivity index (χ4v) is 2.39. The molecule has 0 aliphatic carbocycles. The Kier molecular flexibility index (Phi) is 3.41. The average Bonchev–Trinajstić information content (AvgIpc) is 2.73. The molecule has 0 aliphatic rings. The largest absolute Gasteiger partial charge is 0.427 e. The summed E-state index contributed by atoms with van der Waals surface area (Å²) in [5.41, 5.74) is 1.64. The molecule has 0 saturated heterocycles. The summed E-state index contributed by atoms with van der Waals surface area (Å²) in [6.07, 6.45) is -4.47. The second kappa shape index (κ2) is 4.70. The van der Waals surface area contributed by atoms with E-state index in [0.717, 1.165) is 5.56 Å². The van der Waals surface area contributed by atoms with Gasteiger partial charge in [-0.3, -0.25) is 0 Å². The van der Waals surface area contributed by atoms with Crippen molar-refractivity contribution in [1.82, 2.24) is 4.37 Å². The van der Waals surface area contributed by atoms with Gasteiger partial charge in [0, 0.05) is 11.1 Å². The van der Waals surface area contributed by atoms with Crippen molar-refractivity contribution < 1.29 is 18.3 Å². The lowest BCUT2D eigenvalue weighted by atomic mass is 10.1. The zero-order valence-electron chi connectivity index (χ0n) is 9.45. The number of hydrogen-bond donors (Lipinski definition) is 1. The van der Waals surface area contributed by atoms with Gasteiger partial charge in [-0.2, -0.15) is 17.5 Å². The van der Waals surface area contributed by atoms with Crippen molar-refractivity contribution in [2.24, 2.45) is 0 Å². The molecule has 0 amide bonds. The van der Waals surface area contributed by atoms with E-state index in [1.165, 1.54) is 0 Å². The maximum absolute atomic E-state index is 12.7. The number of aliphatic hydroxyl groups excluding tert-OH is 1. The van der Waals surface area contributed by atoms with E-state index in [0.29, 0.717) is 17.1 Å². The Hall–Kier alpha value is -1.40. The Morgan fingerprint density at radius 2 is 1.83 bits per heavy atom. The lowest BCUT2D eigenvalue weighted by Gasteiger charge is -2.06. The third-order valence-corrected chi connectivity index (χ3v) is 3.46. The van der Waals surface area contributed by atoms with E-state index in [2.05, 4.69) is 4.37 Å². The zero-order valence-corrected chi connectivity index (χ0v) is 10.3. The van der Waals surface area contributed by atoms with Crippen molar-refractivity contribution >= 4 is 11.5 Å². The van der Waals surface area contributed by atoms with Crippen LogP contribution in [0.2, 0.25) is 0 Å². The smallest absolute Gasteiger partial charge is 0.392 e. The molecule has 0 radical (unpaired) electrons. The van der Waals surface area contributed by atoms with Crippen LogP contribution in [0.4, 0.5) is 13.2 Å². The first-order valence-corrected chi connectivity index (χ1v) is 5.94. The Bertz CT molecular complexity index is 545. The van der Waals surface area contributed by atoms with Crippen LogP contribution in [0.5, 0.6) is 0 Å². The van der Waals surface area contributed by atoms with Gasteiger partial charge >= 0.3 is 6.18 Å². The molecule has 1 heterocycles. The molecule has 2 aromatic rings. The molecule has 0 unspecified atom stereocenters. The van der Waals surface area contributed by atoms with Gasteiger partial charge in [0.2, 0.25) is 0 Å². The quantitative estimate of drug-likeness (QED) is 0.906. The summed E-state index contributed by atoms with van der Waals surface area (Å²) < 4.78 is 41.9. The first-order valence-electron chi connectivity index (χ1n) is 5.17. The highest BCUT2D eigenvalue weighted by atomic mass is 32.1. The number of aliphatic hydroxyl groups is 1. The summed E-state index contributed by atoms with van der Waals surface area (Å²) in [6, 6.07) is 6.99. The molecule has 0 aliphatic heterocycles. The Morgan fingerprint density at radius 1 is 1.22 bits per heavy atom. The third kappa shape index (κ3) is 2.39. The molecule has 1 aromatic heterocycles. The molecule has 0 atom stereocenters. The van der Waals surface area contributed by atoms with E-state index >= 15 is 0 Å². The van der Waals surface area contributed by atoms with Gasteiger partial charge in [0.1, 0.15) is 4.88 Å². The molecule has 0 saturated carbocycles. The van der Waals surface area contributed by atoms with E-state index in [1.54, 1.807) is 24.3 Å². The standard InChI is InChI=1S/C12H10F3NOS/c1-7-2-4-8(5-3-7)10-9(6-17)11(18-16-10)12(13,14)15/h2-5,17H,6H2,1H3. The maximum Gasteiger partial charge on any atom is 0.427 e. The average molecular weight is 273 g/mol. The fourth-order valence-electron chi connectivity index (χ4n) is 1.62. The predicted molar refractivity (Wildman–Crippen MR) is 63.2 cm³/mol. The van der Waals surface area contributed by atoms with Gasteiger partial charge in [-0.25, -0.2) is 0 Å². The normalized spacial score (nSPS) is 11.8. The van der Waals surface area contributed by atoms with Crippen LogP contribution in [0.25, 0.3) is 11.3 Å². The fraction of sp³-hybridized carbons (Fsp3) is 0.250. The monoisotopic (exact) mass is 273 g/mol. The van der Waals surface area contributed by atoms with Crippen molar-refractivity contribution in [2.75, 3.05) is 0 Å². The molecule has 96 valence electrons. The molecule has 6 heteroatoms. The van der Waals surface area contributed by atoms with E-state index in [-0.39, 0.29) is 11.3 Å². The molecular weight excluding hydrogens is 263 g/mol. The lowest BCUT2D eigenvalue weighted by Crippen LogP contribution is -2.05. The summed E-state index contributed by atoms with van der Waals surface area (Å²) in [4.78, 5) is -0.833. The summed E-state index contributed by atoms with van der Waals surface area (Å²) in [7, 11) is 0. The van der Waals surface area contributed by atoms with Crippen molar-refractivity contribution in [3.8, 4) is 11.3 Å². The SMILES string of the molecule is Cc1ccc(-c2nsc(C(F)(F)F)c2CO)cc1. The summed E-state index contributed by atoms with van der Waals surface area (Å²) in [6.45, 7) is 1.22. The van der Waals surface area contributed by atoms with Crippen molar-refractivity contribution in [3.63, 3.8) is 0 Å². The van der Waals surface area contributed by atoms with E-state index in [9.17, 15) is 13.2 Å². The molecule has 2 rings (SSSR count). The number of nitrogens with zero attached hydrogens (tertiary/aromatic N) is 1. The van der Waals surface area contributed by atoms with Crippen LogP contribution in [-0.2, 0) is 12.8 Å². The van der Waals surface area contributed by atoms with Crippen LogP contribution in [0, 0.1) is 6.92 Å². The summed E-state index contributed by atoms with van der Waals surface area (Å²) in [5, 5.41) is 9.13. The van der Waals surface area contributed by atoms with Crippen molar-refractivity contribution in [2.45, 2.75) is 19.7 Å². The van der Waals surface area contributed by atoms with Crippen LogP contribution in [0.3, 0.4) is 0 Å². The van der Waals surface area contributed by atoms with Crippen LogP contribution in [0.1, 0.15) is 16.0 Å². The molecule has 1 aromatic carbocycles. The predicted octanol–water partition coefficient (Wildman–Crippen LogP) is 3.63. The van der Waals surface area contributed by atoms with Gasteiger partial charge in [-0.1, -0.05) is 29.8 Å². The highest BCUT2D eigenvalue weighted by molar-refractivity contribution is 7.06. The van der Waals surface area contributed by atoms with Gasteiger partial charge in [0.15, 0.2) is 0 Å². The van der Waals surface area contributed by atoms with Crippen LogP contribution in [0.15, 0.2) is 24.3 Å². The number of rotatable bonds is 2. The number of aryl methyl sites for hydroxylation is 1. The Balaban J connectivity index is 2.52. The third-order valence-electron chi connectivity index (χ3n) is 2.53. The van der Waals surface area contributed by atoms with Crippen molar-refractivity contribution in [3.05, 3.63) is 40.3 Å². The topological polar surface area (TPSA) is 33.1 Å². The highest BCUT2D eigenvalue weighted by Gasteiger charge is 2.37. The number of benzene rings is 1. The van der Waals surface area contributed by atoms with Gasteiger partial charge in [0.05, 0.1) is 12.3 Å². The van der Waals surface area contributed by atoms with E-state index in [1.807, 2.05) is 6.92 Å². The van der Waals surface area contributed by atoms with Gasteiger partial charge < -0.3 is 5.11 Å². The van der Waals surface area contributed by atoms with Gasteiger partial charge in [-0.15, -0.1) is 0 Å². The van der Waals surface area contributed by atoms with E-state index < -0.39 is 17.7 Å². The minimum absolute atomic E-state index is 0.156. The molecule has 1 N–H and O–H groups in total. The first-order chi connectivity index (χ1) is 8.43. The van der Waals surface area contributed by atoms with Gasteiger partial charge in [-0.05, 0) is 18.5 Å². The Labute approximate surface area is 106 Å². The van der Waals surface area contributed by atoms with Crippen LogP contribution in [-0.4, -0.2) is 9.48 Å². The minimum Gasteiger partial charge on any atom is -0.392 e.